The summed E-state index contributed by atoms with van der Waals surface area (Å²) >= 11 is 0. The van der Waals surface area contributed by atoms with Crippen molar-refractivity contribution in [3.05, 3.63) is 71.0 Å². The molecule has 0 radical (unpaired) electrons. The van der Waals surface area contributed by atoms with Crippen LogP contribution in [0.3, 0.4) is 0 Å². The molecule has 3 heterocycles. The number of amides is 1. The van der Waals surface area contributed by atoms with E-state index >= 15 is 0 Å². The molecule has 0 aromatic carbocycles. The monoisotopic (exact) mass is 322 g/mol. The van der Waals surface area contributed by atoms with Gasteiger partial charge in [-0.15, -0.1) is 0 Å². The molecule has 0 spiro atoms. The summed E-state index contributed by atoms with van der Waals surface area (Å²) in [5.41, 5.74) is 1.47. The highest BCUT2D eigenvalue weighted by Crippen LogP contribution is 2.09. The van der Waals surface area contributed by atoms with Gasteiger partial charge in [-0.1, -0.05) is 6.07 Å². The minimum atomic E-state index is -0.202. The lowest BCUT2D eigenvalue weighted by Crippen LogP contribution is -2.30. The fourth-order valence-corrected chi connectivity index (χ4v) is 2.51. The number of hydrogen-bond donors (Lipinski definition) is 1. The molecule has 0 aliphatic carbocycles. The number of aromatic nitrogens is 3. The number of fused-ring (bicyclic) bond motifs is 1. The Labute approximate surface area is 139 Å². The van der Waals surface area contributed by atoms with Crippen molar-refractivity contribution < 1.29 is 4.79 Å². The summed E-state index contributed by atoms with van der Waals surface area (Å²) in [7, 11) is 1.85. The summed E-state index contributed by atoms with van der Waals surface area (Å²) in [6.45, 7) is 0.804. The van der Waals surface area contributed by atoms with Crippen LogP contribution in [0.4, 0.5) is 0 Å². The highest BCUT2D eigenvalue weighted by atomic mass is 16.1. The highest BCUT2D eigenvalue weighted by molar-refractivity contribution is 5.91. The molecular formula is C18H18N4O2. The van der Waals surface area contributed by atoms with E-state index in [9.17, 15) is 9.59 Å². The van der Waals surface area contributed by atoms with Crippen LogP contribution in [-0.4, -0.2) is 26.6 Å². The molecule has 0 atom stereocenters. The Hall–Kier alpha value is -3.15. The van der Waals surface area contributed by atoms with E-state index in [1.165, 1.54) is 6.08 Å². The van der Waals surface area contributed by atoms with Gasteiger partial charge in [0.05, 0.1) is 0 Å². The van der Waals surface area contributed by atoms with Crippen molar-refractivity contribution in [1.29, 1.82) is 0 Å². The van der Waals surface area contributed by atoms with Gasteiger partial charge in [0.15, 0.2) is 0 Å². The zero-order valence-corrected chi connectivity index (χ0v) is 13.3. The molecule has 1 N–H and O–H groups in total. The summed E-state index contributed by atoms with van der Waals surface area (Å²) in [4.78, 5) is 28.2. The van der Waals surface area contributed by atoms with Gasteiger partial charge in [-0.05, 0) is 29.8 Å². The van der Waals surface area contributed by atoms with Gasteiger partial charge in [-0.3, -0.25) is 14.6 Å². The molecule has 3 rings (SSSR count). The van der Waals surface area contributed by atoms with Gasteiger partial charge < -0.3 is 14.5 Å². The number of pyridine rings is 2. The molecule has 0 saturated carbocycles. The summed E-state index contributed by atoms with van der Waals surface area (Å²) < 4.78 is 3.41. The number of hydrogen-bond acceptors (Lipinski definition) is 3. The van der Waals surface area contributed by atoms with Crippen LogP contribution in [0.5, 0.6) is 0 Å². The lowest BCUT2D eigenvalue weighted by Gasteiger charge is -2.07. The predicted molar refractivity (Wildman–Crippen MR) is 93.5 cm³/mol. The second-order valence-corrected chi connectivity index (χ2v) is 5.46. The van der Waals surface area contributed by atoms with Crippen molar-refractivity contribution in [2.75, 3.05) is 6.54 Å². The average Bonchev–Trinajstić information content (AvgIpc) is 2.98. The standard InChI is InChI=1S/C18H18N4O2/c1-21-10-6-15-7-11-22(18(24)17(15)21)12-9-20-16(23)5-4-14-3-2-8-19-13-14/h2-8,10-11,13H,9,12H2,1H3,(H,20,23)/b5-4+. The van der Waals surface area contributed by atoms with Crippen molar-refractivity contribution in [2.24, 2.45) is 7.05 Å². The maximum Gasteiger partial charge on any atom is 0.275 e. The summed E-state index contributed by atoms with van der Waals surface area (Å²) in [5.74, 6) is -0.202. The third-order valence-corrected chi connectivity index (χ3v) is 3.76. The number of rotatable bonds is 5. The Bertz CT molecular complexity index is 939. The molecule has 0 bridgehead atoms. The molecule has 1 amide bonds. The van der Waals surface area contributed by atoms with Crippen LogP contribution in [0.15, 0.2) is 59.9 Å². The van der Waals surface area contributed by atoms with Crippen LogP contribution in [0.25, 0.3) is 17.0 Å². The van der Waals surface area contributed by atoms with Crippen LogP contribution in [0, 0.1) is 0 Å². The van der Waals surface area contributed by atoms with E-state index in [1.54, 1.807) is 29.2 Å². The van der Waals surface area contributed by atoms with Gasteiger partial charge in [-0.2, -0.15) is 0 Å². The van der Waals surface area contributed by atoms with Crippen LogP contribution < -0.4 is 10.9 Å². The highest BCUT2D eigenvalue weighted by Gasteiger charge is 2.06. The summed E-state index contributed by atoms with van der Waals surface area (Å²) in [5, 5.41) is 3.69. The van der Waals surface area contributed by atoms with Crippen LogP contribution in [0.2, 0.25) is 0 Å². The number of aryl methyl sites for hydroxylation is 1. The van der Waals surface area contributed by atoms with Crippen LogP contribution in [-0.2, 0) is 18.4 Å². The van der Waals surface area contributed by atoms with E-state index in [0.29, 0.717) is 18.6 Å². The Morgan fingerprint density at radius 1 is 1.29 bits per heavy atom. The number of carbonyl (C=O) groups is 1. The first-order chi connectivity index (χ1) is 11.6. The van der Waals surface area contributed by atoms with Crippen molar-refractivity contribution >= 4 is 22.9 Å². The molecule has 24 heavy (non-hydrogen) atoms. The minimum absolute atomic E-state index is 0.0554. The SMILES string of the molecule is Cn1ccc2ccn(CCNC(=O)/C=C/c3cccnc3)c(=O)c21. The number of carbonyl (C=O) groups excluding carboxylic acids is 1. The van der Waals surface area contributed by atoms with Crippen molar-refractivity contribution in [2.45, 2.75) is 6.54 Å². The fourth-order valence-electron chi connectivity index (χ4n) is 2.51. The largest absolute Gasteiger partial charge is 0.351 e. The first kappa shape index (κ1) is 15.7. The molecule has 0 saturated heterocycles. The minimum Gasteiger partial charge on any atom is -0.351 e. The zero-order chi connectivity index (χ0) is 16.9. The first-order valence-electron chi connectivity index (χ1n) is 7.65. The Morgan fingerprint density at radius 3 is 2.92 bits per heavy atom. The first-order valence-corrected chi connectivity index (χ1v) is 7.65. The van der Waals surface area contributed by atoms with E-state index in [-0.39, 0.29) is 11.5 Å². The van der Waals surface area contributed by atoms with E-state index in [2.05, 4.69) is 10.3 Å². The second-order valence-electron chi connectivity index (χ2n) is 5.46. The molecule has 0 fully saturated rings. The van der Waals surface area contributed by atoms with Gasteiger partial charge in [0, 0.05) is 56.4 Å². The van der Waals surface area contributed by atoms with Gasteiger partial charge in [0.25, 0.3) is 5.56 Å². The molecule has 3 aromatic rings. The van der Waals surface area contributed by atoms with Gasteiger partial charge in [-0.25, -0.2) is 0 Å². The molecule has 6 nitrogen and oxygen atoms in total. The molecule has 0 aliphatic heterocycles. The number of nitrogens with one attached hydrogen (secondary N) is 1. The lowest BCUT2D eigenvalue weighted by atomic mass is 10.2. The Balaban J connectivity index is 1.59. The molecule has 3 aromatic heterocycles. The van der Waals surface area contributed by atoms with Crippen molar-refractivity contribution in [3.63, 3.8) is 0 Å². The molecule has 122 valence electrons. The van der Waals surface area contributed by atoms with Crippen molar-refractivity contribution in [1.82, 2.24) is 19.4 Å². The topological polar surface area (TPSA) is 68.9 Å². The maximum atomic E-state index is 12.4. The lowest BCUT2D eigenvalue weighted by molar-refractivity contribution is -0.116. The van der Waals surface area contributed by atoms with Crippen LogP contribution >= 0.6 is 0 Å². The van der Waals surface area contributed by atoms with Crippen molar-refractivity contribution in [3.8, 4) is 0 Å². The Kier molecular flexibility index (Phi) is 4.56. The molecular weight excluding hydrogens is 304 g/mol. The predicted octanol–water partition coefficient (Wildman–Crippen LogP) is 1.56. The summed E-state index contributed by atoms with van der Waals surface area (Å²) in [6.07, 6.45) is 10.1. The maximum absolute atomic E-state index is 12.4. The van der Waals surface area contributed by atoms with Gasteiger partial charge in [0.2, 0.25) is 5.91 Å². The third-order valence-electron chi connectivity index (χ3n) is 3.76. The van der Waals surface area contributed by atoms with Gasteiger partial charge >= 0.3 is 0 Å². The third kappa shape index (κ3) is 3.43. The number of nitrogens with zero attached hydrogens (tertiary/aromatic N) is 3. The average molecular weight is 322 g/mol. The summed E-state index contributed by atoms with van der Waals surface area (Å²) in [6, 6.07) is 7.49. The van der Waals surface area contributed by atoms with E-state index in [0.717, 1.165) is 10.9 Å². The smallest absolute Gasteiger partial charge is 0.275 e. The van der Waals surface area contributed by atoms with E-state index in [1.807, 2.05) is 42.1 Å². The molecule has 0 aliphatic rings. The molecule has 0 unspecified atom stereocenters. The molecule has 6 heteroatoms. The fraction of sp³-hybridized carbons (Fsp3) is 0.167. The van der Waals surface area contributed by atoms with E-state index in [4.69, 9.17) is 0 Å². The van der Waals surface area contributed by atoms with E-state index < -0.39 is 0 Å². The van der Waals surface area contributed by atoms with Crippen LogP contribution in [0.1, 0.15) is 5.56 Å². The second kappa shape index (κ2) is 6.95. The normalized spacial score (nSPS) is 11.2. The quantitative estimate of drug-likeness (QED) is 0.725. The van der Waals surface area contributed by atoms with Gasteiger partial charge in [0.1, 0.15) is 5.52 Å². The Morgan fingerprint density at radius 2 is 2.12 bits per heavy atom. The zero-order valence-electron chi connectivity index (χ0n) is 13.3.